The highest BCUT2D eigenvalue weighted by Crippen LogP contribution is 2.31. The average molecular weight is 258 g/mol. The second-order valence-corrected chi connectivity index (χ2v) is 5.40. The van der Waals surface area contributed by atoms with Gasteiger partial charge < -0.3 is 4.90 Å². The lowest BCUT2D eigenvalue weighted by molar-refractivity contribution is -0.386. The summed E-state index contributed by atoms with van der Waals surface area (Å²) < 4.78 is 24.6. The summed E-state index contributed by atoms with van der Waals surface area (Å²) in [6.45, 7) is 0.911. The zero-order valence-electron chi connectivity index (χ0n) is 8.97. The van der Waals surface area contributed by atoms with E-state index in [9.17, 15) is 18.7 Å². The number of benzene rings is 1. The highest BCUT2D eigenvalue weighted by Gasteiger charge is 2.26. The molecule has 1 aliphatic heterocycles. The van der Waals surface area contributed by atoms with E-state index in [1.165, 1.54) is 12.1 Å². The summed E-state index contributed by atoms with van der Waals surface area (Å²) in [4.78, 5) is 11.8. The van der Waals surface area contributed by atoms with Crippen LogP contribution in [0.4, 0.5) is 15.8 Å². The van der Waals surface area contributed by atoms with Gasteiger partial charge in [-0.15, -0.1) is 0 Å². The SMILES string of the molecule is O=[N+]([O-])c1c(F)cccc1N1CCS(=O)CC1. The van der Waals surface area contributed by atoms with Crippen molar-refractivity contribution in [3.05, 3.63) is 34.1 Å². The van der Waals surface area contributed by atoms with E-state index < -0.39 is 27.2 Å². The first kappa shape index (κ1) is 12.0. The lowest BCUT2D eigenvalue weighted by Gasteiger charge is -2.27. The fourth-order valence-corrected chi connectivity index (χ4v) is 2.87. The van der Waals surface area contributed by atoms with Gasteiger partial charge in [0.15, 0.2) is 0 Å². The third-order valence-corrected chi connectivity index (χ3v) is 3.94. The molecule has 1 saturated heterocycles. The van der Waals surface area contributed by atoms with Crippen LogP contribution in [0.15, 0.2) is 18.2 Å². The monoisotopic (exact) mass is 258 g/mol. The smallest absolute Gasteiger partial charge is 0.327 e. The largest absolute Gasteiger partial charge is 0.364 e. The first-order valence-electron chi connectivity index (χ1n) is 5.12. The van der Waals surface area contributed by atoms with Crippen LogP contribution >= 0.6 is 0 Å². The molecule has 17 heavy (non-hydrogen) atoms. The zero-order chi connectivity index (χ0) is 12.4. The van der Waals surface area contributed by atoms with Gasteiger partial charge in [0.1, 0.15) is 5.69 Å². The molecule has 0 saturated carbocycles. The van der Waals surface area contributed by atoms with E-state index >= 15 is 0 Å². The van der Waals surface area contributed by atoms with E-state index in [4.69, 9.17) is 0 Å². The number of hydrogen-bond acceptors (Lipinski definition) is 4. The Morgan fingerprint density at radius 2 is 2.00 bits per heavy atom. The van der Waals surface area contributed by atoms with Crippen LogP contribution in [0.5, 0.6) is 0 Å². The van der Waals surface area contributed by atoms with Gasteiger partial charge in [0.05, 0.1) is 4.92 Å². The topological polar surface area (TPSA) is 63.5 Å². The van der Waals surface area contributed by atoms with Crippen LogP contribution in [-0.4, -0.2) is 33.7 Å². The van der Waals surface area contributed by atoms with Crippen LogP contribution in [0.3, 0.4) is 0 Å². The van der Waals surface area contributed by atoms with Crippen molar-refractivity contribution in [3.63, 3.8) is 0 Å². The Morgan fingerprint density at radius 1 is 1.35 bits per heavy atom. The summed E-state index contributed by atoms with van der Waals surface area (Å²) in [6.07, 6.45) is 0. The maximum Gasteiger partial charge on any atom is 0.327 e. The second-order valence-electron chi connectivity index (χ2n) is 3.70. The molecule has 0 spiro atoms. The van der Waals surface area contributed by atoms with Gasteiger partial charge in [-0.3, -0.25) is 14.3 Å². The Bertz CT molecular complexity index is 471. The van der Waals surface area contributed by atoms with E-state index in [0.717, 1.165) is 6.07 Å². The van der Waals surface area contributed by atoms with Crippen molar-refractivity contribution in [3.8, 4) is 0 Å². The number of nitrogens with zero attached hydrogens (tertiary/aromatic N) is 2. The maximum absolute atomic E-state index is 13.4. The molecule has 1 heterocycles. The van der Waals surface area contributed by atoms with Crippen LogP contribution in [0.25, 0.3) is 0 Å². The van der Waals surface area contributed by atoms with Gasteiger partial charge in [-0.2, -0.15) is 4.39 Å². The predicted molar refractivity (Wildman–Crippen MR) is 63.1 cm³/mol. The average Bonchev–Trinajstić information content (AvgIpc) is 2.29. The van der Waals surface area contributed by atoms with E-state index in [-0.39, 0.29) is 5.69 Å². The molecule has 0 radical (unpaired) electrons. The molecule has 92 valence electrons. The molecular formula is C10H11FN2O3S. The molecule has 1 aromatic rings. The van der Waals surface area contributed by atoms with Crippen LogP contribution in [0, 0.1) is 15.9 Å². The molecule has 2 rings (SSSR count). The molecule has 5 nitrogen and oxygen atoms in total. The Morgan fingerprint density at radius 3 is 2.59 bits per heavy atom. The van der Waals surface area contributed by atoms with E-state index in [1.54, 1.807) is 4.90 Å². The minimum absolute atomic E-state index is 0.270. The number of hydrogen-bond donors (Lipinski definition) is 0. The lowest BCUT2D eigenvalue weighted by atomic mass is 10.2. The zero-order valence-corrected chi connectivity index (χ0v) is 9.78. The summed E-state index contributed by atoms with van der Waals surface area (Å²) in [5.74, 6) is 0.0978. The second kappa shape index (κ2) is 4.79. The van der Waals surface area contributed by atoms with Crippen molar-refractivity contribution in [1.29, 1.82) is 0 Å². The third-order valence-electron chi connectivity index (χ3n) is 2.67. The fraction of sp³-hybridized carbons (Fsp3) is 0.400. The van der Waals surface area contributed by atoms with Crippen molar-refractivity contribution >= 4 is 22.2 Å². The molecule has 7 heteroatoms. The quantitative estimate of drug-likeness (QED) is 0.592. The van der Waals surface area contributed by atoms with Gasteiger partial charge >= 0.3 is 5.69 Å². The Labute approximate surface area is 99.8 Å². The van der Waals surface area contributed by atoms with Gasteiger partial charge in [0.2, 0.25) is 5.82 Å². The van der Waals surface area contributed by atoms with Crippen LogP contribution in [-0.2, 0) is 10.8 Å². The third kappa shape index (κ3) is 2.44. The molecule has 0 atom stereocenters. The molecule has 0 amide bonds. The number of para-hydroxylation sites is 1. The number of nitro benzene ring substituents is 1. The molecule has 0 N–H and O–H groups in total. The number of anilines is 1. The summed E-state index contributed by atoms with van der Waals surface area (Å²) in [5.41, 5.74) is -0.230. The number of rotatable bonds is 2. The molecule has 1 aromatic carbocycles. The van der Waals surface area contributed by atoms with Gasteiger partial charge in [-0.25, -0.2) is 0 Å². The van der Waals surface area contributed by atoms with E-state index in [0.29, 0.717) is 24.6 Å². The normalized spacial score (nSPS) is 17.1. The van der Waals surface area contributed by atoms with Gasteiger partial charge in [0.25, 0.3) is 0 Å². The molecule has 0 aliphatic carbocycles. The minimum Gasteiger partial charge on any atom is -0.364 e. The number of halogens is 1. The molecule has 0 aromatic heterocycles. The minimum atomic E-state index is -0.863. The van der Waals surface area contributed by atoms with Crippen molar-refractivity contribution in [2.45, 2.75) is 0 Å². The lowest BCUT2D eigenvalue weighted by Crippen LogP contribution is -2.38. The van der Waals surface area contributed by atoms with Crippen LogP contribution in [0.2, 0.25) is 0 Å². The first-order chi connectivity index (χ1) is 8.09. The molecule has 1 aliphatic rings. The summed E-state index contributed by atoms with van der Waals surface area (Å²) in [6, 6.07) is 4.04. The first-order valence-corrected chi connectivity index (χ1v) is 6.61. The standard InChI is InChI=1S/C10H11FN2O3S/c11-8-2-1-3-9(10(8)13(14)15)12-4-6-17(16)7-5-12/h1-3H,4-7H2. The maximum atomic E-state index is 13.4. The molecule has 1 fully saturated rings. The van der Waals surface area contributed by atoms with Gasteiger partial charge in [0, 0.05) is 35.4 Å². The molecule has 0 unspecified atom stereocenters. The van der Waals surface area contributed by atoms with Crippen LogP contribution < -0.4 is 4.90 Å². The summed E-state index contributed by atoms with van der Waals surface area (Å²) in [5, 5.41) is 10.8. The molecule has 0 bridgehead atoms. The molecular weight excluding hydrogens is 247 g/mol. The summed E-state index contributed by atoms with van der Waals surface area (Å²) >= 11 is 0. The van der Waals surface area contributed by atoms with Gasteiger partial charge in [-0.1, -0.05) is 6.07 Å². The van der Waals surface area contributed by atoms with Gasteiger partial charge in [-0.05, 0) is 12.1 Å². The predicted octanol–water partition coefficient (Wildman–Crippen LogP) is 1.30. The van der Waals surface area contributed by atoms with Crippen molar-refractivity contribution in [2.75, 3.05) is 29.5 Å². The highest BCUT2D eigenvalue weighted by atomic mass is 32.2. The number of nitro groups is 1. The van der Waals surface area contributed by atoms with Crippen molar-refractivity contribution in [2.24, 2.45) is 0 Å². The van der Waals surface area contributed by atoms with Crippen molar-refractivity contribution < 1.29 is 13.5 Å². The van der Waals surface area contributed by atoms with E-state index in [2.05, 4.69) is 0 Å². The Balaban J connectivity index is 2.35. The van der Waals surface area contributed by atoms with E-state index in [1.807, 2.05) is 0 Å². The Kier molecular flexibility index (Phi) is 3.37. The Hall–Kier alpha value is -1.50. The highest BCUT2D eigenvalue weighted by molar-refractivity contribution is 7.85. The summed E-state index contributed by atoms with van der Waals surface area (Å²) in [7, 11) is -0.863. The fourth-order valence-electron chi connectivity index (χ4n) is 1.82. The van der Waals surface area contributed by atoms with Crippen molar-refractivity contribution in [1.82, 2.24) is 0 Å². The van der Waals surface area contributed by atoms with Crippen LogP contribution in [0.1, 0.15) is 0 Å².